The fourth-order valence-electron chi connectivity index (χ4n) is 2.05. The molecule has 1 aliphatic heterocycles. The summed E-state index contributed by atoms with van der Waals surface area (Å²) in [5.74, 6) is 0. The summed E-state index contributed by atoms with van der Waals surface area (Å²) < 4.78 is 24.8. The zero-order valence-electron chi connectivity index (χ0n) is 9.15. The first-order valence-electron chi connectivity index (χ1n) is 5.23. The van der Waals surface area contributed by atoms with Crippen LogP contribution in [0.5, 0.6) is 0 Å². The third-order valence-corrected chi connectivity index (χ3v) is 4.70. The van der Waals surface area contributed by atoms with E-state index in [0.717, 1.165) is 5.01 Å². The zero-order chi connectivity index (χ0) is 12.8. The van der Waals surface area contributed by atoms with Crippen LogP contribution >= 0.6 is 0 Å². The minimum Gasteiger partial charge on any atom is -0.218 e. The normalized spacial score (nSPS) is 15.7. The molecule has 5 nitrogen and oxygen atoms in total. The van der Waals surface area contributed by atoms with Crippen LogP contribution in [0.25, 0.3) is 0 Å². The number of nitrogens with zero attached hydrogens (tertiary/aromatic N) is 2. The van der Waals surface area contributed by atoms with E-state index in [9.17, 15) is 13.3 Å². The largest absolute Gasteiger partial charge is 0.218 e. The van der Waals surface area contributed by atoms with E-state index in [0.29, 0.717) is 0 Å². The summed E-state index contributed by atoms with van der Waals surface area (Å²) in [5, 5.41) is 4.02. The van der Waals surface area contributed by atoms with Gasteiger partial charge in [0.25, 0.3) is 0 Å². The van der Waals surface area contributed by atoms with Crippen molar-refractivity contribution in [2.24, 2.45) is 5.29 Å². The van der Waals surface area contributed by atoms with Crippen LogP contribution in [0.4, 0.5) is 11.4 Å². The highest BCUT2D eigenvalue weighted by molar-refractivity contribution is 7.92. The minimum absolute atomic E-state index is 0.100. The predicted molar refractivity (Wildman–Crippen MR) is 66.3 cm³/mol. The van der Waals surface area contributed by atoms with Gasteiger partial charge in [-0.3, -0.25) is 0 Å². The minimum atomic E-state index is -3.58. The number of rotatable bonds is 1. The molecule has 1 heterocycles. The number of fused-ring (bicyclic) bond motifs is 2. The van der Waals surface area contributed by atoms with Crippen LogP contribution in [-0.4, -0.2) is 8.42 Å². The first kappa shape index (κ1) is 10.9. The lowest BCUT2D eigenvalue weighted by Gasteiger charge is -2.25. The molecule has 1 aliphatic rings. The molecule has 0 spiro atoms. The third-order valence-electron chi connectivity index (χ3n) is 2.85. The average Bonchev–Trinajstić information content (AvgIpc) is 2.40. The Balaban J connectivity index is 2.44. The van der Waals surface area contributed by atoms with Crippen LogP contribution in [0.2, 0.25) is 0 Å². The lowest BCUT2D eigenvalue weighted by atomic mass is 10.2. The van der Waals surface area contributed by atoms with E-state index >= 15 is 0 Å². The standard InChI is InChI=1S/C12H8N2O3S/c15-13-14-9-5-1-3-7-11(9)18(16,17)12-8-4-2-6-10(12)14/h1-8H. The van der Waals surface area contributed by atoms with E-state index < -0.39 is 9.84 Å². The van der Waals surface area contributed by atoms with E-state index in [-0.39, 0.29) is 21.2 Å². The summed E-state index contributed by atoms with van der Waals surface area (Å²) in [6, 6.07) is 12.6. The van der Waals surface area contributed by atoms with Crippen LogP contribution < -0.4 is 5.01 Å². The van der Waals surface area contributed by atoms with Crippen LogP contribution in [0.3, 0.4) is 0 Å². The molecular weight excluding hydrogens is 252 g/mol. The van der Waals surface area contributed by atoms with Crippen molar-refractivity contribution in [2.75, 3.05) is 5.01 Å². The number of anilines is 2. The van der Waals surface area contributed by atoms with Crippen LogP contribution in [0.15, 0.2) is 63.6 Å². The fraction of sp³-hybridized carbons (Fsp3) is 0. The summed E-state index contributed by atoms with van der Waals surface area (Å²) in [5.41, 5.74) is 0.567. The fourth-order valence-corrected chi connectivity index (χ4v) is 3.67. The smallest absolute Gasteiger partial charge is 0.210 e. The lowest BCUT2D eigenvalue weighted by Crippen LogP contribution is -2.20. The molecule has 90 valence electrons. The molecule has 0 amide bonds. The van der Waals surface area contributed by atoms with E-state index in [2.05, 4.69) is 5.29 Å². The molecule has 0 N–H and O–H groups in total. The van der Waals surface area contributed by atoms with Crippen molar-refractivity contribution in [1.82, 2.24) is 0 Å². The Morgan fingerprint density at radius 2 is 1.28 bits per heavy atom. The maximum absolute atomic E-state index is 12.4. The van der Waals surface area contributed by atoms with Crippen molar-refractivity contribution in [2.45, 2.75) is 9.79 Å². The monoisotopic (exact) mass is 260 g/mol. The highest BCUT2D eigenvalue weighted by atomic mass is 32.2. The second-order valence-corrected chi connectivity index (χ2v) is 5.72. The first-order chi connectivity index (χ1) is 8.66. The lowest BCUT2D eigenvalue weighted by molar-refractivity contribution is 0.594. The van der Waals surface area contributed by atoms with Crippen LogP contribution in [-0.2, 0) is 9.84 Å². The van der Waals surface area contributed by atoms with E-state index in [1.165, 1.54) is 12.1 Å². The highest BCUT2D eigenvalue weighted by Crippen LogP contribution is 2.43. The van der Waals surface area contributed by atoms with Gasteiger partial charge in [0.05, 0.1) is 26.5 Å². The Labute approximate surface area is 104 Å². The van der Waals surface area contributed by atoms with Gasteiger partial charge in [-0.25, -0.2) is 8.42 Å². The van der Waals surface area contributed by atoms with Gasteiger partial charge in [-0.05, 0) is 24.3 Å². The molecule has 0 aromatic heterocycles. The van der Waals surface area contributed by atoms with Crippen molar-refractivity contribution < 1.29 is 8.42 Å². The molecular formula is C12H8N2O3S. The maximum atomic E-state index is 12.4. The number of benzene rings is 2. The average molecular weight is 260 g/mol. The molecule has 0 aliphatic carbocycles. The summed E-state index contributed by atoms with van der Waals surface area (Å²) in [7, 11) is -3.58. The van der Waals surface area contributed by atoms with Gasteiger partial charge in [0.1, 0.15) is 0 Å². The second kappa shape index (κ2) is 3.64. The third kappa shape index (κ3) is 1.29. The topological polar surface area (TPSA) is 66.8 Å². The molecule has 0 fully saturated rings. The van der Waals surface area contributed by atoms with E-state index in [1.54, 1.807) is 36.4 Å². The number of para-hydroxylation sites is 2. The van der Waals surface area contributed by atoms with Crippen molar-refractivity contribution >= 4 is 21.2 Å². The summed E-state index contributed by atoms with van der Waals surface area (Å²) in [4.78, 5) is 11.2. The van der Waals surface area contributed by atoms with Gasteiger partial charge >= 0.3 is 0 Å². The Morgan fingerprint density at radius 1 is 0.833 bits per heavy atom. The molecule has 0 saturated carbocycles. The Bertz CT molecular complexity index is 687. The van der Waals surface area contributed by atoms with Crippen LogP contribution in [0, 0.1) is 4.91 Å². The number of nitroso groups, excluding NO2 is 1. The molecule has 0 radical (unpaired) electrons. The van der Waals surface area contributed by atoms with Crippen molar-refractivity contribution in [3.8, 4) is 0 Å². The van der Waals surface area contributed by atoms with Crippen molar-refractivity contribution in [1.29, 1.82) is 0 Å². The zero-order valence-corrected chi connectivity index (χ0v) is 9.96. The van der Waals surface area contributed by atoms with E-state index in [1.807, 2.05) is 0 Å². The SMILES string of the molecule is O=NN1c2ccccc2S(=O)(=O)c2ccccc21. The van der Waals surface area contributed by atoms with Gasteiger partial charge in [0.15, 0.2) is 0 Å². The van der Waals surface area contributed by atoms with Gasteiger partial charge in [-0.2, -0.15) is 5.01 Å². The van der Waals surface area contributed by atoms with Gasteiger partial charge in [0.2, 0.25) is 9.84 Å². The molecule has 0 unspecified atom stereocenters. The molecule has 0 bridgehead atoms. The molecule has 6 heteroatoms. The predicted octanol–water partition coefficient (Wildman–Crippen LogP) is 2.65. The van der Waals surface area contributed by atoms with Crippen molar-refractivity contribution in [3.63, 3.8) is 0 Å². The molecule has 0 saturated heterocycles. The Morgan fingerprint density at radius 3 is 1.72 bits per heavy atom. The van der Waals surface area contributed by atoms with Gasteiger partial charge < -0.3 is 0 Å². The number of hydrogen-bond donors (Lipinski definition) is 0. The maximum Gasteiger partial charge on any atom is 0.210 e. The van der Waals surface area contributed by atoms with Gasteiger partial charge in [0, 0.05) is 0 Å². The van der Waals surface area contributed by atoms with Crippen molar-refractivity contribution in [3.05, 3.63) is 53.4 Å². The number of sulfone groups is 1. The van der Waals surface area contributed by atoms with Crippen LogP contribution in [0.1, 0.15) is 0 Å². The van der Waals surface area contributed by atoms with Gasteiger partial charge in [-0.1, -0.05) is 24.3 Å². The summed E-state index contributed by atoms with van der Waals surface area (Å²) in [6.45, 7) is 0. The molecule has 2 aromatic rings. The first-order valence-corrected chi connectivity index (χ1v) is 6.71. The summed E-state index contributed by atoms with van der Waals surface area (Å²) >= 11 is 0. The molecule has 18 heavy (non-hydrogen) atoms. The molecule has 2 aromatic carbocycles. The summed E-state index contributed by atoms with van der Waals surface area (Å²) in [6.07, 6.45) is 0. The van der Waals surface area contributed by atoms with E-state index in [4.69, 9.17) is 0 Å². The number of hydrogen-bond acceptors (Lipinski definition) is 4. The Hall–Kier alpha value is -2.21. The molecule has 0 atom stereocenters. The van der Waals surface area contributed by atoms with Gasteiger partial charge in [-0.15, -0.1) is 4.91 Å². The quantitative estimate of drug-likeness (QED) is 0.739. The highest BCUT2D eigenvalue weighted by Gasteiger charge is 2.34. The molecule has 3 rings (SSSR count). The Kier molecular flexibility index (Phi) is 2.21. The second-order valence-electron chi connectivity index (χ2n) is 3.83.